The van der Waals surface area contributed by atoms with E-state index < -0.39 is 0 Å². The SMILES string of the molecule is C/C=C/CN(CCC)CC1CCCNC1. The Labute approximate surface area is 94.7 Å². The molecule has 1 fully saturated rings. The molecule has 0 aromatic rings. The van der Waals surface area contributed by atoms with Crippen LogP contribution in [0.15, 0.2) is 12.2 Å². The summed E-state index contributed by atoms with van der Waals surface area (Å²) >= 11 is 0. The molecule has 2 nitrogen and oxygen atoms in total. The van der Waals surface area contributed by atoms with E-state index in [0.29, 0.717) is 0 Å². The summed E-state index contributed by atoms with van der Waals surface area (Å²) in [6.45, 7) is 10.4. The largest absolute Gasteiger partial charge is 0.316 e. The lowest BCUT2D eigenvalue weighted by molar-refractivity contribution is 0.225. The molecule has 1 aliphatic rings. The fourth-order valence-corrected chi connectivity index (χ4v) is 2.27. The molecule has 0 aromatic carbocycles. The number of hydrogen-bond acceptors (Lipinski definition) is 2. The Hall–Kier alpha value is -0.340. The van der Waals surface area contributed by atoms with Crippen LogP contribution in [0.1, 0.15) is 33.1 Å². The van der Waals surface area contributed by atoms with Crippen LogP contribution in [-0.2, 0) is 0 Å². The van der Waals surface area contributed by atoms with Crippen LogP contribution >= 0.6 is 0 Å². The van der Waals surface area contributed by atoms with Gasteiger partial charge in [-0.15, -0.1) is 0 Å². The Balaban J connectivity index is 2.27. The zero-order valence-corrected chi connectivity index (χ0v) is 10.3. The maximum atomic E-state index is 3.49. The third-order valence-electron chi connectivity index (χ3n) is 3.05. The first-order valence-electron chi connectivity index (χ1n) is 6.41. The highest BCUT2D eigenvalue weighted by Crippen LogP contribution is 2.11. The Morgan fingerprint density at radius 3 is 2.93 bits per heavy atom. The van der Waals surface area contributed by atoms with E-state index in [2.05, 4.69) is 36.2 Å². The summed E-state index contributed by atoms with van der Waals surface area (Å²) in [7, 11) is 0. The molecule has 0 aliphatic carbocycles. The number of allylic oxidation sites excluding steroid dienone is 1. The van der Waals surface area contributed by atoms with E-state index >= 15 is 0 Å². The molecule has 0 amide bonds. The van der Waals surface area contributed by atoms with Crippen LogP contribution in [-0.4, -0.2) is 37.6 Å². The standard InChI is InChI=1S/C13H26N2/c1-3-5-10-15(9-4-2)12-13-7-6-8-14-11-13/h3,5,13-14H,4,6-12H2,1-2H3/b5-3+. The van der Waals surface area contributed by atoms with Gasteiger partial charge in [-0.3, -0.25) is 4.90 Å². The first kappa shape index (κ1) is 12.7. The topological polar surface area (TPSA) is 15.3 Å². The molecule has 1 N–H and O–H groups in total. The van der Waals surface area contributed by atoms with Crippen molar-refractivity contribution in [2.75, 3.05) is 32.7 Å². The van der Waals surface area contributed by atoms with Gasteiger partial charge in [-0.1, -0.05) is 19.1 Å². The van der Waals surface area contributed by atoms with Gasteiger partial charge in [0.25, 0.3) is 0 Å². The van der Waals surface area contributed by atoms with Crippen molar-refractivity contribution in [2.45, 2.75) is 33.1 Å². The lowest BCUT2D eigenvalue weighted by Gasteiger charge is -2.29. The predicted molar refractivity (Wildman–Crippen MR) is 67.1 cm³/mol. The van der Waals surface area contributed by atoms with Crippen molar-refractivity contribution in [1.29, 1.82) is 0 Å². The summed E-state index contributed by atoms with van der Waals surface area (Å²) in [6, 6.07) is 0. The number of rotatable bonds is 6. The van der Waals surface area contributed by atoms with Crippen molar-refractivity contribution in [2.24, 2.45) is 5.92 Å². The minimum atomic E-state index is 0.871. The maximum Gasteiger partial charge on any atom is 0.0163 e. The third kappa shape index (κ3) is 5.33. The fraction of sp³-hybridized carbons (Fsp3) is 0.846. The summed E-state index contributed by atoms with van der Waals surface area (Å²) in [5.41, 5.74) is 0. The molecular weight excluding hydrogens is 184 g/mol. The Morgan fingerprint density at radius 1 is 1.47 bits per heavy atom. The molecule has 0 radical (unpaired) electrons. The van der Waals surface area contributed by atoms with Gasteiger partial charge >= 0.3 is 0 Å². The van der Waals surface area contributed by atoms with Crippen LogP contribution in [0.25, 0.3) is 0 Å². The van der Waals surface area contributed by atoms with Crippen LogP contribution in [0, 0.1) is 5.92 Å². The molecule has 0 saturated carbocycles. The van der Waals surface area contributed by atoms with Crippen molar-refractivity contribution in [3.05, 3.63) is 12.2 Å². The quantitative estimate of drug-likeness (QED) is 0.677. The first-order chi connectivity index (χ1) is 7.36. The maximum absolute atomic E-state index is 3.49. The minimum Gasteiger partial charge on any atom is -0.316 e. The summed E-state index contributed by atoms with van der Waals surface area (Å²) in [4.78, 5) is 2.58. The lowest BCUT2D eigenvalue weighted by Crippen LogP contribution is -2.38. The van der Waals surface area contributed by atoms with Crippen molar-refractivity contribution in [3.63, 3.8) is 0 Å². The molecule has 1 heterocycles. The molecule has 88 valence electrons. The predicted octanol–water partition coefficient (Wildman–Crippen LogP) is 2.27. The zero-order valence-electron chi connectivity index (χ0n) is 10.3. The molecule has 2 heteroatoms. The fourth-order valence-electron chi connectivity index (χ4n) is 2.27. The van der Waals surface area contributed by atoms with Gasteiger partial charge in [0, 0.05) is 13.1 Å². The van der Waals surface area contributed by atoms with Gasteiger partial charge in [0.1, 0.15) is 0 Å². The van der Waals surface area contributed by atoms with Gasteiger partial charge in [-0.25, -0.2) is 0 Å². The van der Waals surface area contributed by atoms with Crippen molar-refractivity contribution < 1.29 is 0 Å². The Kier molecular flexibility index (Phi) is 6.69. The van der Waals surface area contributed by atoms with E-state index in [1.54, 1.807) is 0 Å². The van der Waals surface area contributed by atoms with E-state index in [4.69, 9.17) is 0 Å². The van der Waals surface area contributed by atoms with Crippen LogP contribution in [0.2, 0.25) is 0 Å². The zero-order chi connectivity index (χ0) is 10.9. The van der Waals surface area contributed by atoms with Gasteiger partial charge < -0.3 is 5.32 Å². The van der Waals surface area contributed by atoms with Crippen molar-refractivity contribution in [1.82, 2.24) is 10.2 Å². The van der Waals surface area contributed by atoms with Gasteiger partial charge in [-0.05, 0) is 51.7 Å². The minimum absolute atomic E-state index is 0.871. The summed E-state index contributed by atoms with van der Waals surface area (Å²) in [5.74, 6) is 0.871. The van der Waals surface area contributed by atoms with Gasteiger partial charge in [-0.2, -0.15) is 0 Å². The highest BCUT2D eigenvalue weighted by atomic mass is 15.1. The normalized spacial score (nSPS) is 22.7. The van der Waals surface area contributed by atoms with E-state index in [-0.39, 0.29) is 0 Å². The summed E-state index contributed by atoms with van der Waals surface area (Å²) in [5, 5.41) is 3.49. The highest BCUT2D eigenvalue weighted by molar-refractivity contribution is 4.82. The molecule has 1 saturated heterocycles. The van der Waals surface area contributed by atoms with E-state index in [9.17, 15) is 0 Å². The highest BCUT2D eigenvalue weighted by Gasteiger charge is 2.15. The van der Waals surface area contributed by atoms with Gasteiger partial charge in [0.2, 0.25) is 0 Å². The first-order valence-corrected chi connectivity index (χ1v) is 6.41. The molecule has 1 rings (SSSR count). The molecule has 0 aromatic heterocycles. The third-order valence-corrected chi connectivity index (χ3v) is 3.05. The molecule has 0 spiro atoms. The summed E-state index contributed by atoms with van der Waals surface area (Å²) < 4.78 is 0. The van der Waals surface area contributed by atoms with Crippen molar-refractivity contribution in [3.8, 4) is 0 Å². The number of nitrogens with zero attached hydrogens (tertiary/aromatic N) is 1. The van der Waals surface area contributed by atoms with Crippen LogP contribution in [0.5, 0.6) is 0 Å². The van der Waals surface area contributed by atoms with E-state index in [1.807, 2.05) is 0 Å². The number of piperidine rings is 1. The monoisotopic (exact) mass is 210 g/mol. The van der Waals surface area contributed by atoms with Crippen molar-refractivity contribution >= 4 is 0 Å². The molecule has 0 bridgehead atoms. The Bertz CT molecular complexity index is 171. The molecule has 1 aliphatic heterocycles. The smallest absolute Gasteiger partial charge is 0.0163 e. The number of hydrogen-bond donors (Lipinski definition) is 1. The average Bonchev–Trinajstić information content (AvgIpc) is 2.28. The second-order valence-corrected chi connectivity index (χ2v) is 4.54. The van der Waals surface area contributed by atoms with Crippen LogP contribution < -0.4 is 5.32 Å². The van der Waals surface area contributed by atoms with E-state index in [1.165, 1.54) is 45.4 Å². The van der Waals surface area contributed by atoms with Crippen LogP contribution in [0.3, 0.4) is 0 Å². The molecular formula is C13H26N2. The van der Waals surface area contributed by atoms with Gasteiger partial charge in [0.15, 0.2) is 0 Å². The second kappa shape index (κ2) is 7.89. The average molecular weight is 210 g/mol. The summed E-state index contributed by atoms with van der Waals surface area (Å²) in [6.07, 6.45) is 8.45. The second-order valence-electron chi connectivity index (χ2n) is 4.54. The molecule has 1 unspecified atom stereocenters. The van der Waals surface area contributed by atoms with E-state index in [0.717, 1.165) is 12.5 Å². The Morgan fingerprint density at radius 2 is 2.33 bits per heavy atom. The number of nitrogens with one attached hydrogen (secondary N) is 1. The van der Waals surface area contributed by atoms with Crippen LogP contribution in [0.4, 0.5) is 0 Å². The molecule has 15 heavy (non-hydrogen) atoms. The lowest BCUT2D eigenvalue weighted by atomic mass is 9.99. The molecule has 1 atom stereocenters. The van der Waals surface area contributed by atoms with Gasteiger partial charge in [0.05, 0.1) is 0 Å².